The highest BCUT2D eigenvalue weighted by atomic mass is 32.2. The second kappa shape index (κ2) is 8.22. The van der Waals surface area contributed by atoms with Crippen molar-refractivity contribution in [2.24, 2.45) is 0 Å². The molecule has 2 fully saturated rings. The Hall–Kier alpha value is -2.68. The van der Waals surface area contributed by atoms with E-state index >= 15 is 0 Å². The van der Waals surface area contributed by atoms with Crippen LogP contribution in [0.5, 0.6) is 0 Å². The van der Waals surface area contributed by atoms with Gasteiger partial charge in [0.25, 0.3) is 5.91 Å². The van der Waals surface area contributed by atoms with Crippen LogP contribution in [0.4, 0.5) is 11.6 Å². The number of rotatable bonds is 3. The van der Waals surface area contributed by atoms with Crippen LogP contribution in [0.1, 0.15) is 34.3 Å². The minimum atomic E-state index is -3.30. The molecule has 2 aromatic heterocycles. The van der Waals surface area contributed by atoms with E-state index in [1.165, 1.54) is 10.5 Å². The molecule has 9 heteroatoms. The minimum absolute atomic E-state index is 0.0798. The topological polar surface area (TPSA) is 86.7 Å². The first-order valence-electron chi connectivity index (χ1n) is 10.3. The molecule has 1 amide bonds. The zero-order chi connectivity index (χ0) is 21.3. The molecule has 2 aliphatic heterocycles. The summed E-state index contributed by atoms with van der Waals surface area (Å²) < 4.78 is 25.8. The van der Waals surface area contributed by atoms with E-state index in [1.807, 2.05) is 18.0 Å². The minimum Gasteiger partial charge on any atom is -0.353 e. The van der Waals surface area contributed by atoms with Crippen LogP contribution in [0.3, 0.4) is 0 Å². The van der Waals surface area contributed by atoms with Crippen molar-refractivity contribution in [2.45, 2.75) is 26.7 Å². The van der Waals surface area contributed by atoms with Crippen molar-refractivity contribution >= 4 is 27.6 Å². The van der Waals surface area contributed by atoms with Gasteiger partial charge >= 0.3 is 0 Å². The molecule has 0 aliphatic carbocycles. The van der Waals surface area contributed by atoms with Crippen molar-refractivity contribution in [3.05, 3.63) is 47.3 Å². The summed E-state index contributed by atoms with van der Waals surface area (Å²) in [5, 5.41) is 0. The van der Waals surface area contributed by atoms with Gasteiger partial charge in [-0.25, -0.2) is 18.4 Å². The molecule has 0 aromatic carbocycles. The van der Waals surface area contributed by atoms with E-state index in [2.05, 4.69) is 27.9 Å². The highest BCUT2D eigenvalue weighted by Gasteiger charge is 2.28. The lowest BCUT2D eigenvalue weighted by atomic mass is 10.2. The Morgan fingerprint density at radius 3 is 2.37 bits per heavy atom. The fourth-order valence-corrected chi connectivity index (χ4v) is 5.64. The summed E-state index contributed by atoms with van der Waals surface area (Å²) in [7, 11) is -3.30. The van der Waals surface area contributed by atoms with Crippen molar-refractivity contribution in [2.75, 3.05) is 47.7 Å². The van der Waals surface area contributed by atoms with Crippen LogP contribution in [0.2, 0.25) is 0 Å². The van der Waals surface area contributed by atoms with Crippen molar-refractivity contribution in [3.8, 4) is 0 Å². The summed E-state index contributed by atoms with van der Waals surface area (Å²) in [4.78, 5) is 25.7. The molecule has 4 heterocycles. The molecule has 0 atom stereocenters. The van der Waals surface area contributed by atoms with Gasteiger partial charge in [0, 0.05) is 45.1 Å². The van der Waals surface area contributed by atoms with E-state index in [0.717, 1.165) is 36.5 Å². The Morgan fingerprint density at radius 1 is 0.967 bits per heavy atom. The molecule has 0 unspecified atom stereocenters. The molecule has 2 saturated heterocycles. The van der Waals surface area contributed by atoms with Crippen molar-refractivity contribution in [1.82, 2.24) is 14.9 Å². The molecule has 30 heavy (non-hydrogen) atoms. The van der Waals surface area contributed by atoms with Crippen LogP contribution in [-0.2, 0) is 10.0 Å². The lowest BCUT2D eigenvalue weighted by Gasteiger charge is -2.36. The van der Waals surface area contributed by atoms with E-state index in [0.29, 0.717) is 37.4 Å². The van der Waals surface area contributed by atoms with Crippen LogP contribution < -0.4 is 9.21 Å². The smallest absolute Gasteiger partial charge is 0.255 e. The second-order valence-corrected chi connectivity index (χ2v) is 9.95. The summed E-state index contributed by atoms with van der Waals surface area (Å²) in [5.74, 6) is 1.43. The Kier molecular flexibility index (Phi) is 5.64. The maximum absolute atomic E-state index is 12.9. The van der Waals surface area contributed by atoms with Gasteiger partial charge in [-0.05, 0) is 49.9 Å². The normalized spacial score (nSPS) is 19.1. The SMILES string of the molecule is Cc1cnc(N2CCN(C(=O)c3ccc(N4CCCCS4(=O)=O)nc3)CC2)c(C)c1. The number of pyridine rings is 2. The molecule has 0 spiro atoms. The zero-order valence-corrected chi connectivity index (χ0v) is 18.2. The average molecular weight is 430 g/mol. The summed E-state index contributed by atoms with van der Waals surface area (Å²) >= 11 is 0. The van der Waals surface area contributed by atoms with E-state index in [-0.39, 0.29) is 11.7 Å². The quantitative estimate of drug-likeness (QED) is 0.742. The third-order valence-corrected chi connectivity index (χ3v) is 7.50. The van der Waals surface area contributed by atoms with Crippen LogP contribution in [0.15, 0.2) is 30.6 Å². The maximum Gasteiger partial charge on any atom is 0.255 e. The number of carbonyl (C=O) groups is 1. The maximum atomic E-state index is 12.9. The van der Waals surface area contributed by atoms with E-state index in [1.54, 1.807) is 12.1 Å². The molecule has 0 N–H and O–H groups in total. The number of nitrogens with zero attached hydrogens (tertiary/aromatic N) is 5. The highest BCUT2D eigenvalue weighted by Crippen LogP contribution is 2.23. The fourth-order valence-electron chi connectivity index (χ4n) is 4.05. The molecular formula is C21H27N5O3S. The number of carbonyl (C=O) groups excluding carboxylic acids is 1. The number of amides is 1. The molecular weight excluding hydrogens is 402 g/mol. The molecule has 0 bridgehead atoms. The van der Waals surface area contributed by atoms with Gasteiger partial charge in [0.2, 0.25) is 10.0 Å². The van der Waals surface area contributed by atoms with Gasteiger partial charge in [0.1, 0.15) is 11.6 Å². The molecule has 0 saturated carbocycles. The zero-order valence-electron chi connectivity index (χ0n) is 17.4. The number of piperazine rings is 1. The summed E-state index contributed by atoms with van der Waals surface area (Å²) in [6.45, 7) is 7.19. The first-order valence-corrected chi connectivity index (χ1v) is 11.9. The van der Waals surface area contributed by atoms with Gasteiger partial charge < -0.3 is 9.80 Å². The molecule has 8 nitrogen and oxygen atoms in total. The fraction of sp³-hybridized carbons (Fsp3) is 0.476. The van der Waals surface area contributed by atoms with Gasteiger partial charge in [-0.15, -0.1) is 0 Å². The summed E-state index contributed by atoms with van der Waals surface area (Å²) in [6, 6.07) is 5.43. The lowest BCUT2D eigenvalue weighted by molar-refractivity contribution is 0.0746. The first kappa shape index (κ1) is 20.6. The Bertz CT molecular complexity index is 1030. The van der Waals surface area contributed by atoms with E-state index in [4.69, 9.17) is 0 Å². The average Bonchev–Trinajstić information content (AvgIpc) is 2.73. The number of aryl methyl sites for hydroxylation is 2. The Labute approximate surface area is 177 Å². The standard InChI is InChI=1S/C21H27N5O3S/c1-16-13-17(2)20(23-14-16)24-8-10-25(11-9-24)21(27)18-5-6-19(22-15-18)26-7-3-4-12-30(26,28)29/h5-6,13-15H,3-4,7-12H2,1-2H3. The van der Waals surface area contributed by atoms with Gasteiger partial charge in [-0.2, -0.15) is 0 Å². The van der Waals surface area contributed by atoms with Gasteiger partial charge in [-0.1, -0.05) is 6.07 Å². The Balaban J connectivity index is 1.41. The van der Waals surface area contributed by atoms with E-state index < -0.39 is 10.0 Å². The summed E-state index contributed by atoms with van der Waals surface area (Å²) in [5.41, 5.74) is 2.76. The van der Waals surface area contributed by atoms with Gasteiger partial charge in [0.05, 0.1) is 11.3 Å². The number of aromatic nitrogens is 2. The number of hydrogen-bond acceptors (Lipinski definition) is 6. The Morgan fingerprint density at radius 2 is 1.73 bits per heavy atom. The third kappa shape index (κ3) is 4.12. The van der Waals surface area contributed by atoms with Crippen molar-refractivity contribution in [1.29, 1.82) is 0 Å². The molecule has 4 rings (SSSR count). The predicted molar refractivity (Wildman–Crippen MR) is 116 cm³/mol. The molecule has 2 aliphatic rings. The largest absolute Gasteiger partial charge is 0.353 e. The van der Waals surface area contributed by atoms with Gasteiger partial charge in [0.15, 0.2) is 0 Å². The monoisotopic (exact) mass is 429 g/mol. The third-order valence-electron chi connectivity index (χ3n) is 5.65. The van der Waals surface area contributed by atoms with Crippen LogP contribution in [-0.4, -0.2) is 67.7 Å². The highest BCUT2D eigenvalue weighted by molar-refractivity contribution is 7.92. The predicted octanol–water partition coefficient (Wildman–Crippen LogP) is 1.99. The lowest BCUT2D eigenvalue weighted by Crippen LogP contribution is -2.49. The molecule has 0 radical (unpaired) electrons. The molecule has 160 valence electrons. The van der Waals surface area contributed by atoms with Crippen LogP contribution in [0, 0.1) is 13.8 Å². The van der Waals surface area contributed by atoms with Gasteiger partial charge in [-0.3, -0.25) is 9.10 Å². The van der Waals surface area contributed by atoms with Crippen molar-refractivity contribution < 1.29 is 13.2 Å². The summed E-state index contributed by atoms with van der Waals surface area (Å²) in [6.07, 6.45) is 4.86. The van der Waals surface area contributed by atoms with Crippen molar-refractivity contribution in [3.63, 3.8) is 0 Å². The number of sulfonamides is 1. The first-order chi connectivity index (χ1) is 14.3. The second-order valence-electron chi connectivity index (χ2n) is 7.93. The van der Waals surface area contributed by atoms with Crippen LogP contribution in [0.25, 0.3) is 0 Å². The van der Waals surface area contributed by atoms with E-state index in [9.17, 15) is 13.2 Å². The van der Waals surface area contributed by atoms with Crippen LogP contribution >= 0.6 is 0 Å². The number of hydrogen-bond donors (Lipinski definition) is 0. The molecule has 2 aromatic rings. The number of anilines is 2.